The highest BCUT2D eigenvalue weighted by molar-refractivity contribution is 5.43. The van der Waals surface area contributed by atoms with Crippen LogP contribution in [0.1, 0.15) is 51.0 Å². The molecule has 3 nitrogen and oxygen atoms in total. The van der Waals surface area contributed by atoms with E-state index in [1.54, 1.807) is 7.11 Å². The summed E-state index contributed by atoms with van der Waals surface area (Å²) in [5, 5.41) is 23.7. The van der Waals surface area contributed by atoms with Crippen LogP contribution in [-0.2, 0) is 11.2 Å². The van der Waals surface area contributed by atoms with Gasteiger partial charge in [-0.05, 0) is 91.1 Å². The molecule has 0 radical (unpaired) electrons. The van der Waals surface area contributed by atoms with Crippen molar-refractivity contribution in [3.63, 3.8) is 0 Å². The van der Waals surface area contributed by atoms with Crippen molar-refractivity contribution < 1.29 is 14.9 Å². The Morgan fingerprint density at radius 3 is 2.69 bits per heavy atom. The van der Waals surface area contributed by atoms with E-state index in [1.165, 1.54) is 31.2 Å². The van der Waals surface area contributed by atoms with Gasteiger partial charge >= 0.3 is 0 Å². The van der Waals surface area contributed by atoms with Gasteiger partial charge in [0.1, 0.15) is 11.7 Å². The Hall–Kier alpha value is -1.58. The van der Waals surface area contributed by atoms with Gasteiger partial charge in [0.15, 0.2) is 0 Å². The number of methoxy groups -OCH3 is 1. The number of ether oxygens (including phenoxy) is 1. The minimum Gasteiger partial charge on any atom is -0.512 e. The molecule has 1 spiro atoms. The summed E-state index contributed by atoms with van der Waals surface area (Å²) in [6.45, 7) is 2.54. The smallest absolute Gasteiger partial charge is 0.111 e. The second kappa shape index (κ2) is 6.10. The van der Waals surface area contributed by atoms with Crippen molar-refractivity contribution in [1.82, 2.24) is 0 Å². The molecule has 6 aliphatic carbocycles. The van der Waals surface area contributed by atoms with E-state index in [1.807, 2.05) is 6.08 Å². The number of benzene rings is 1. The molecule has 1 aromatic carbocycles. The van der Waals surface area contributed by atoms with Crippen molar-refractivity contribution >= 4 is 0 Å². The molecule has 10 unspecified atom stereocenters. The first-order chi connectivity index (χ1) is 15.4. The van der Waals surface area contributed by atoms with Crippen LogP contribution in [0.5, 0.6) is 0 Å². The van der Waals surface area contributed by atoms with Crippen molar-refractivity contribution in [3.8, 4) is 0 Å². The van der Waals surface area contributed by atoms with Crippen molar-refractivity contribution in [2.24, 2.45) is 45.8 Å². The molecule has 170 valence electrons. The molecule has 4 bridgehead atoms. The number of fused-ring (bicyclic) bond motifs is 1. The normalized spacial score (nSPS) is 54.3. The fourth-order valence-corrected chi connectivity index (χ4v) is 11.1. The Kier molecular flexibility index (Phi) is 3.78. The van der Waals surface area contributed by atoms with Crippen LogP contribution < -0.4 is 0 Å². The SMILES string of the molecule is COC1C=C(O)C2C3C4CCC56CCC(Cc7ccccc7)C5C=CCC(C4)(C12O)C36C. The van der Waals surface area contributed by atoms with Crippen LogP contribution in [0.15, 0.2) is 54.3 Å². The van der Waals surface area contributed by atoms with Gasteiger partial charge in [-0.2, -0.15) is 0 Å². The molecule has 0 aliphatic heterocycles. The topological polar surface area (TPSA) is 49.7 Å². The second-order valence-electron chi connectivity index (χ2n) is 12.2. The van der Waals surface area contributed by atoms with E-state index >= 15 is 0 Å². The van der Waals surface area contributed by atoms with Crippen LogP contribution in [-0.4, -0.2) is 29.0 Å². The summed E-state index contributed by atoms with van der Waals surface area (Å²) in [5.74, 6) is 2.44. The van der Waals surface area contributed by atoms with E-state index in [4.69, 9.17) is 4.74 Å². The number of hydrogen-bond donors (Lipinski definition) is 2. The Morgan fingerprint density at radius 2 is 1.91 bits per heavy atom. The summed E-state index contributed by atoms with van der Waals surface area (Å²) in [4.78, 5) is 0. The predicted molar refractivity (Wildman–Crippen MR) is 124 cm³/mol. The molecule has 7 rings (SSSR count). The largest absolute Gasteiger partial charge is 0.512 e. The van der Waals surface area contributed by atoms with Gasteiger partial charge in [0.25, 0.3) is 0 Å². The monoisotopic (exact) mass is 432 g/mol. The standard InChI is InChI=1S/C29H36O3/c1-26-24-20-11-14-27(26)13-10-19(15-18-7-4-3-5-8-18)21(27)9-6-12-28(26,17-20)29(31)23(32-2)16-22(30)25(24)29/h3-9,16,19-21,23-25,30-31H,10-15,17H2,1-2H3. The minimum absolute atomic E-state index is 0.0287. The summed E-state index contributed by atoms with van der Waals surface area (Å²) < 4.78 is 5.87. The van der Waals surface area contributed by atoms with Crippen LogP contribution in [0.4, 0.5) is 0 Å². The van der Waals surface area contributed by atoms with Gasteiger partial charge in [-0.15, -0.1) is 0 Å². The summed E-state index contributed by atoms with van der Waals surface area (Å²) in [5.41, 5.74) is 0.489. The highest BCUT2D eigenvalue weighted by Gasteiger charge is 2.88. The maximum atomic E-state index is 12.5. The zero-order valence-corrected chi connectivity index (χ0v) is 19.3. The van der Waals surface area contributed by atoms with Gasteiger partial charge in [0.2, 0.25) is 0 Å². The van der Waals surface area contributed by atoms with Gasteiger partial charge in [-0.25, -0.2) is 0 Å². The van der Waals surface area contributed by atoms with E-state index in [0.29, 0.717) is 29.4 Å². The summed E-state index contributed by atoms with van der Waals surface area (Å²) in [7, 11) is 1.70. The van der Waals surface area contributed by atoms with Gasteiger partial charge in [-0.1, -0.05) is 49.4 Å². The number of hydrogen-bond acceptors (Lipinski definition) is 3. The Labute approximate surface area is 191 Å². The molecule has 0 amide bonds. The number of allylic oxidation sites excluding steroid dienone is 2. The highest BCUT2D eigenvalue weighted by Crippen LogP contribution is 2.88. The van der Waals surface area contributed by atoms with E-state index in [9.17, 15) is 10.2 Å². The zero-order chi connectivity index (χ0) is 21.9. The first kappa shape index (κ1) is 19.9. The zero-order valence-electron chi connectivity index (χ0n) is 19.3. The maximum absolute atomic E-state index is 12.5. The number of aliphatic hydroxyl groups is 2. The average molecular weight is 433 g/mol. The number of rotatable bonds is 3. The summed E-state index contributed by atoms with van der Waals surface area (Å²) in [6.07, 6.45) is 14.6. The molecule has 4 saturated carbocycles. The molecule has 32 heavy (non-hydrogen) atoms. The van der Waals surface area contributed by atoms with Crippen LogP contribution in [0.3, 0.4) is 0 Å². The predicted octanol–water partition coefficient (Wildman–Crippen LogP) is 5.46. The second-order valence-corrected chi connectivity index (χ2v) is 12.2. The molecule has 6 aliphatic rings. The van der Waals surface area contributed by atoms with Gasteiger partial charge < -0.3 is 14.9 Å². The first-order valence-corrected chi connectivity index (χ1v) is 12.8. The van der Waals surface area contributed by atoms with Crippen molar-refractivity contribution in [3.05, 3.63) is 59.9 Å². The minimum atomic E-state index is -0.990. The summed E-state index contributed by atoms with van der Waals surface area (Å²) >= 11 is 0. The highest BCUT2D eigenvalue weighted by atomic mass is 16.5. The van der Waals surface area contributed by atoms with Gasteiger partial charge in [0.05, 0.1) is 11.7 Å². The van der Waals surface area contributed by atoms with E-state index in [0.717, 1.165) is 19.3 Å². The molecule has 0 saturated heterocycles. The fourth-order valence-electron chi connectivity index (χ4n) is 11.1. The van der Waals surface area contributed by atoms with E-state index in [2.05, 4.69) is 49.4 Å². The van der Waals surface area contributed by atoms with Crippen LogP contribution in [0, 0.1) is 45.8 Å². The quantitative estimate of drug-likeness (QED) is 0.624. The lowest BCUT2D eigenvalue weighted by Crippen LogP contribution is -2.60. The van der Waals surface area contributed by atoms with E-state index in [-0.39, 0.29) is 22.2 Å². The lowest BCUT2D eigenvalue weighted by Gasteiger charge is -2.58. The van der Waals surface area contributed by atoms with Crippen molar-refractivity contribution in [1.29, 1.82) is 0 Å². The van der Waals surface area contributed by atoms with Gasteiger partial charge in [-0.3, -0.25) is 0 Å². The molecule has 2 N–H and O–H groups in total. The van der Waals surface area contributed by atoms with Crippen LogP contribution in [0.2, 0.25) is 0 Å². The molecule has 4 fully saturated rings. The first-order valence-electron chi connectivity index (χ1n) is 12.8. The molecule has 1 aromatic rings. The molecule has 10 atom stereocenters. The maximum Gasteiger partial charge on any atom is 0.111 e. The van der Waals surface area contributed by atoms with E-state index < -0.39 is 11.7 Å². The third-order valence-electron chi connectivity index (χ3n) is 12.0. The average Bonchev–Trinajstić information content (AvgIpc) is 3.36. The Morgan fingerprint density at radius 1 is 1.12 bits per heavy atom. The number of aliphatic hydroxyl groups excluding tert-OH is 1. The Bertz CT molecular complexity index is 1010. The van der Waals surface area contributed by atoms with Crippen molar-refractivity contribution in [2.45, 2.75) is 63.6 Å². The third-order valence-corrected chi connectivity index (χ3v) is 12.0. The van der Waals surface area contributed by atoms with Gasteiger partial charge in [0, 0.05) is 12.5 Å². The lowest BCUT2D eigenvalue weighted by molar-refractivity contribution is -0.189. The molecular weight excluding hydrogens is 396 g/mol. The molecule has 0 aromatic heterocycles. The fraction of sp³-hybridized carbons (Fsp3) is 0.655. The third kappa shape index (κ3) is 1.85. The van der Waals surface area contributed by atoms with Crippen LogP contribution >= 0.6 is 0 Å². The molecular formula is C29H36O3. The lowest BCUT2D eigenvalue weighted by atomic mass is 9.45. The van der Waals surface area contributed by atoms with Crippen molar-refractivity contribution in [2.75, 3.05) is 7.11 Å². The Balaban J connectivity index is 1.38. The molecule has 3 heteroatoms. The summed E-state index contributed by atoms with van der Waals surface area (Å²) in [6, 6.07) is 11.0. The van der Waals surface area contributed by atoms with Crippen LogP contribution in [0.25, 0.3) is 0 Å². The molecule has 0 heterocycles.